The van der Waals surface area contributed by atoms with E-state index in [1.54, 1.807) is 0 Å². The van der Waals surface area contributed by atoms with Crippen LogP contribution in [0.4, 0.5) is 0 Å². The lowest BCUT2D eigenvalue weighted by atomic mass is 9.78. The van der Waals surface area contributed by atoms with Crippen LogP contribution in [0, 0.1) is 5.41 Å². The first kappa shape index (κ1) is 19.7. The first-order chi connectivity index (χ1) is 11.9. The Bertz CT molecular complexity index is 707. The highest BCUT2D eigenvalue weighted by atomic mass is 32.2. The Morgan fingerprint density at radius 3 is 2.48 bits per heavy atom. The van der Waals surface area contributed by atoms with E-state index in [0.29, 0.717) is 32.1 Å². The van der Waals surface area contributed by atoms with Gasteiger partial charge in [-0.1, -0.05) is 44.2 Å². The smallest absolute Gasteiger partial charge is 0.317 e. The highest BCUT2D eigenvalue weighted by Crippen LogP contribution is 2.37. The van der Waals surface area contributed by atoms with Crippen molar-refractivity contribution in [3.63, 3.8) is 0 Å². The topological polar surface area (TPSA) is 87.5 Å². The largest absolute Gasteiger partial charge is 0.481 e. The number of aliphatic carboxylic acids is 2. The van der Waals surface area contributed by atoms with Gasteiger partial charge < -0.3 is 10.2 Å². The van der Waals surface area contributed by atoms with Crippen molar-refractivity contribution in [3.8, 4) is 0 Å². The molecule has 0 amide bonds. The molecule has 0 fully saturated rings. The molecule has 1 unspecified atom stereocenters. The van der Waals surface area contributed by atoms with Crippen LogP contribution >= 0.6 is 23.1 Å². The summed E-state index contributed by atoms with van der Waals surface area (Å²) in [6, 6.07) is 7.72. The van der Waals surface area contributed by atoms with Crippen molar-refractivity contribution in [2.24, 2.45) is 5.41 Å². The summed E-state index contributed by atoms with van der Waals surface area (Å²) in [5.74, 6) is -1.67. The first-order valence-electron chi connectivity index (χ1n) is 8.40. The minimum absolute atomic E-state index is 0.435. The number of thioether (sulfide) groups is 1. The van der Waals surface area contributed by atoms with Gasteiger partial charge in [0.25, 0.3) is 0 Å². The quantitative estimate of drug-likeness (QED) is 0.569. The van der Waals surface area contributed by atoms with Crippen LogP contribution in [0.5, 0.6) is 0 Å². The molecule has 0 aliphatic rings. The Labute approximate surface area is 155 Å². The fourth-order valence-corrected chi connectivity index (χ4v) is 5.18. The Morgan fingerprint density at radius 2 is 1.92 bits per heavy atom. The average Bonchev–Trinajstić information content (AvgIpc) is 3.00. The molecule has 2 N–H and O–H groups in total. The van der Waals surface area contributed by atoms with Gasteiger partial charge in [0.2, 0.25) is 0 Å². The molecule has 5 nitrogen and oxygen atoms in total. The summed E-state index contributed by atoms with van der Waals surface area (Å²) in [5, 5.41) is 18.4. The highest BCUT2D eigenvalue weighted by Gasteiger charge is 2.34. The molecule has 1 aromatic heterocycles. The van der Waals surface area contributed by atoms with Gasteiger partial charge in [0.1, 0.15) is 5.25 Å². The molecule has 0 saturated carbocycles. The fourth-order valence-electron chi connectivity index (χ4n) is 2.89. The van der Waals surface area contributed by atoms with Gasteiger partial charge in [-0.25, -0.2) is 4.98 Å². The van der Waals surface area contributed by atoms with Crippen LogP contribution in [-0.2, 0) is 9.59 Å². The van der Waals surface area contributed by atoms with Gasteiger partial charge in [-0.3, -0.25) is 9.59 Å². The van der Waals surface area contributed by atoms with E-state index in [4.69, 9.17) is 0 Å². The maximum atomic E-state index is 11.6. The number of hydrogen-bond acceptors (Lipinski definition) is 5. The number of fused-ring (bicyclic) bond motifs is 1. The molecule has 2 aromatic rings. The summed E-state index contributed by atoms with van der Waals surface area (Å²) in [6.45, 7) is 3.75. The molecule has 0 aliphatic carbocycles. The fraction of sp³-hybridized carbons (Fsp3) is 0.500. The number of carbonyl (C=O) groups is 2. The SMILES string of the molecule is CCC(CC)(CCCC(Sc1nc2ccccc2s1)C(=O)O)C(=O)O. The third-order valence-electron chi connectivity index (χ3n) is 4.72. The lowest BCUT2D eigenvalue weighted by Crippen LogP contribution is -2.30. The van der Waals surface area contributed by atoms with Crippen LogP contribution < -0.4 is 0 Å². The molecule has 0 spiro atoms. The second-order valence-corrected chi connectivity index (χ2v) is 8.56. The third-order valence-corrected chi connectivity index (χ3v) is 7.11. The normalized spacial score (nSPS) is 13.0. The number of para-hydroxylation sites is 1. The van der Waals surface area contributed by atoms with Crippen molar-refractivity contribution < 1.29 is 19.8 Å². The monoisotopic (exact) mass is 381 g/mol. The van der Waals surface area contributed by atoms with Gasteiger partial charge >= 0.3 is 11.9 Å². The van der Waals surface area contributed by atoms with Crippen LogP contribution in [0.3, 0.4) is 0 Å². The third kappa shape index (κ3) is 4.73. The molecule has 1 heterocycles. The lowest BCUT2D eigenvalue weighted by Gasteiger charge is -2.27. The number of hydrogen-bond donors (Lipinski definition) is 2. The second kappa shape index (κ2) is 8.67. The van der Waals surface area contributed by atoms with E-state index in [-0.39, 0.29) is 0 Å². The predicted molar refractivity (Wildman–Crippen MR) is 101 cm³/mol. The number of benzene rings is 1. The molecule has 2 rings (SSSR count). The zero-order valence-corrected chi connectivity index (χ0v) is 16.0. The van der Waals surface area contributed by atoms with Crippen molar-refractivity contribution in [1.82, 2.24) is 4.98 Å². The van der Waals surface area contributed by atoms with Gasteiger partial charge in [0, 0.05) is 0 Å². The summed E-state index contributed by atoms with van der Waals surface area (Å²) in [7, 11) is 0. The summed E-state index contributed by atoms with van der Waals surface area (Å²) in [4.78, 5) is 27.6. The number of carboxylic acid groups (broad SMARTS) is 2. The van der Waals surface area contributed by atoms with Gasteiger partial charge in [-0.05, 0) is 37.8 Å². The maximum Gasteiger partial charge on any atom is 0.317 e. The molecular formula is C18H23NO4S2. The van der Waals surface area contributed by atoms with Crippen molar-refractivity contribution >= 4 is 45.3 Å². The minimum Gasteiger partial charge on any atom is -0.481 e. The van der Waals surface area contributed by atoms with Gasteiger partial charge in [0.05, 0.1) is 15.6 Å². The minimum atomic E-state index is -0.877. The van der Waals surface area contributed by atoms with Crippen molar-refractivity contribution in [1.29, 1.82) is 0 Å². The van der Waals surface area contributed by atoms with E-state index in [0.717, 1.165) is 14.6 Å². The highest BCUT2D eigenvalue weighted by molar-refractivity contribution is 8.02. The van der Waals surface area contributed by atoms with Crippen LogP contribution in [-0.4, -0.2) is 32.4 Å². The van der Waals surface area contributed by atoms with E-state index >= 15 is 0 Å². The summed E-state index contributed by atoms with van der Waals surface area (Å²) in [5.41, 5.74) is 0.129. The number of thiazole rings is 1. The van der Waals surface area contributed by atoms with Crippen LogP contribution in [0.25, 0.3) is 10.2 Å². The summed E-state index contributed by atoms with van der Waals surface area (Å²) in [6.07, 6.45) is 2.62. The van der Waals surface area contributed by atoms with E-state index in [2.05, 4.69) is 4.98 Å². The number of nitrogens with zero attached hydrogens (tertiary/aromatic N) is 1. The zero-order chi connectivity index (χ0) is 18.4. The molecule has 0 radical (unpaired) electrons. The number of rotatable bonds is 10. The molecule has 1 atom stereocenters. The first-order valence-corrected chi connectivity index (χ1v) is 10.1. The zero-order valence-electron chi connectivity index (χ0n) is 14.4. The molecule has 136 valence electrons. The van der Waals surface area contributed by atoms with Gasteiger partial charge in [-0.15, -0.1) is 11.3 Å². The Kier molecular flexibility index (Phi) is 6.84. The number of carboxylic acids is 2. The van der Waals surface area contributed by atoms with Crippen molar-refractivity contribution in [2.75, 3.05) is 0 Å². The van der Waals surface area contributed by atoms with E-state index in [1.807, 2.05) is 38.1 Å². The van der Waals surface area contributed by atoms with Crippen LogP contribution in [0.15, 0.2) is 28.6 Å². The van der Waals surface area contributed by atoms with E-state index in [9.17, 15) is 19.8 Å². The van der Waals surface area contributed by atoms with Crippen LogP contribution in [0.2, 0.25) is 0 Å². The molecule has 7 heteroatoms. The summed E-state index contributed by atoms with van der Waals surface area (Å²) < 4.78 is 1.78. The predicted octanol–water partition coefficient (Wildman–Crippen LogP) is 4.90. The molecule has 1 aromatic carbocycles. The Balaban J connectivity index is 2.01. The Hall–Kier alpha value is -1.60. The van der Waals surface area contributed by atoms with Crippen LogP contribution in [0.1, 0.15) is 46.0 Å². The second-order valence-electron chi connectivity index (χ2n) is 6.08. The van der Waals surface area contributed by atoms with Crippen molar-refractivity contribution in [2.45, 2.75) is 55.5 Å². The van der Waals surface area contributed by atoms with Gasteiger partial charge in [-0.2, -0.15) is 0 Å². The lowest BCUT2D eigenvalue weighted by molar-refractivity contribution is -0.150. The molecule has 25 heavy (non-hydrogen) atoms. The van der Waals surface area contributed by atoms with Crippen molar-refractivity contribution in [3.05, 3.63) is 24.3 Å². The maximum absolute atomic E-state index is 11.6. The average molecular weight is 382 g/mol. The Morgan fingerprint density at radius 1 is 1.24 bits per heavy atom. The molecule has 0 saturated heterocycles. The van der Waals surface area contributed by atoms with Gasteiger partial charge in [0.15, 0.2) is 4.34 Å². The van der Waals surface area contributed by atoms with E-state index < -0.39 is 22.6 Å². The van der Waals surface area contributed by atoms with E-state index in [1.165, 1.54) is 23.1 Å². The standard InChI is InChI=1S/C18H23NO4S2/c1-3-18(4-2,16(22)23)11-7-10-14(15(20)21)25-17-19-12-8-5-6-9-13(12)24-17/h5-6,8-9,14H,3-4,7,10-11H2,1-2H3,(H,20,21)(H,22,23). The molecule has 0 aliphatic heterocycles. The molecule has 0 bridgehead atoms. The summed E-state index contributed by atoms with van der Waals surface area (Å²) >= 11 is 2.75. The number of aromatic nitrogens is 1. The molecular weight excluding hydrogens is 358 g/mol.